The van der Waals surface area contributed by atoms with Gasteiger partial charge in [-0.1, -0.05) is 6.07 Å². The summed E-state index contributed by atoms with van der Waals surface area (Å²) in [4.78, 5) is 13.2. The number of aromatic nitrogens is 3. The lowest BCUT2D eigenvalue weighted by molar-refractivity contribution is 0.627. The van der Waals surface area contributed by atoms with Crippen molar-refractivity contribution >= 4 is 11.6 Å². The lowest BCUT2D eigenvalue weighted by atomic mass is 10.1. The van der Waals surface area contributed by atoms with Crippen LogP contribution in [0.1, 0.15) is 30.1 Å². The predicted octanol–water partition coefficient (Wildman–Crippen LogP) is 2.35. The minimum atomic E-state index is 0.292. The molecule has 0 bridgehead atoms. The second-order valence-corrected chi connectivity index (χ2v) is 4.73. The van der Waals surface area contributed by atoms with Gasteiger partial charge in [0.05, 0.1) is 11.7 Å². The van der Waals surface area contributed by atoms with E-state index in [9.17, 15) is 0 Å². The molecule has 3 rings (SSSR count). The fourth-order valence-corrected chi connectivity index (χ4v) is 2.35. The number of nitrogens with one attached hydrogen (secondary N) is 2. The number of aryl methyl sites for hydroxylation is 1. The Bertz CT molecular complexity index is 563. The van der Waals surface area contributed by atoms with Gasteiger partial charge in [0.2, 0.25) is 0 Å². The molecule has 1 aliphatic rings. The SMILES string of the molecule is Cc1cccnc1Nc1nccnc1C1CCCN1. The van der Waals surface area contributed by atoms with Gasteiger partial charge >= 0.3 is 0 Å². The topological polar surface area (TPSA) is 62.7 Å². The van der Waals surface area contributed by atoms with Gasteiger partial charge in [-0.3, -0.25) is 4.98 Å². The highest BCUT2D eigenvalue weighted by Gasteiger charge is 2.21. The first kappa shape index (κ1) is 12.0. The summed E-state index contributed by atoms with van der Waals surface area (Å²) in [6.07, 6.45) is 7.52. The van der Waals surface area contributed by atoms with E-state index in [-0.39, 0.29) is 0 Å². The number of hydrogen-bond donors (Lipinski definition) is 2. The molecule has 2 aromatic rings. The first-order valence-electron chi connectivity index (χ1n) is 6.57. The third-order valence-corrected chi connectivity index (χ3v) is 3.36. The Morgan fingerprint density at radius 2 is 2.00 bits per heavy atom. The van der Waals surface area contributed by atoms with E-state index in [1.165, 1.54) is 6.42 Å². The Morgan fingerprint density at radius 1 is 1.16 bits per heavy atom. The molecular formula is C14H17N5. The zero-order chi connectivity index (χ0) is 13.1. The highest BCUT2D eigenvalue weighted by Crippen LogP contribution is 2.27. The van der Waals surface area contributed by atoms with Crippen molar-refractivity contribution in [3.63, 3.8) is 0 Å². The van der Waals surface area contributed by atoms with Crippen LogP contribution in [-0.2, 0) is 0 Å². The highest BCUT2D eigenvalue weighted by molar-refractivity contribution is 5.57. The molecule has 0 aromatic carbocycles. The van der Waals surface area contributed by atoms with Crippen molar-refractivity contribution in [1.82, 2.24) is 20.3 Å². The predicted molar refractivity (Wildman–Crippen MR) is 74.3 cm³/mol. The van der Waals surface area contributed by atoms with Crippen LogP contribution in [0.2, 0.25) is 0 Å². The van der Waals surface area contributed by atoms with E-state index in [0.29, 0.717) is 6.04 Å². The van der Waals surface area contributed by atoms with Crippen LogP contribution in [0.3, 0.4) is 0 Å². The normalized spacial score (nSPS) is 18.5. The zero-order valence-electron chi connectivity index (χ0n) is 10.9. The lowest BCUT2D eigenvalue weighted by Gasteiger charge is -2.15. The van der Waals surface area contributed by atoms with E-state index in [1.54, 1.807) is 18.6 Å². The average Bonchev–Trinajstić information content (AvgIpc) is 2.96. The maximum atomic E-state index is 4.47. The van der Waals surface area contributed by atoms with Crippen LogP contribution < -0.4 is 10.6 Å². The smallest absolute Gasteiger partial charge is 0.154 e. The summed E-state index contributed by atoms with van der Waals surface area (Å²) in [6, 6.07) is 4.25. The maximum Gasteiger partial charge on any atom is 0.154 e. The average molecular weight is 255 g/mol. The molecule has 0 saturated carbocycles. The van der Waals surface area contributed by atoms with Crippen molar-refractivity contribution in [2.75, 3.05) is 11.9 Å². The molecule has 1 unspecified atom stereocenters. The molecule has 19 heavy (non-hydrogen) atoms. The summed E-state index contributed by atoms with van der Waals surface area (Å²) in [6.45, 7) is 3.07. The zero-order valence-corrected chi connectivity index (χ0v) is 10.9. The molecule has 0 radical (unpaired) electrons. The van der Waals surface area contributed by atoms with Crippen molar-refractivity contribution in [2.24, 2.45) is 0 Å². The van der Waals surface area contributed by atoms with Crippen LogP contribution in [0, 0.1) is 6.92 Å². The Kier molecular flexibility index (Phi) is 3.37. The van der Waals surface area contributed by atoms with Gasteiger partial charge < -0.3 is 10.6 Å². The molecule has 0 spiro atoms. The van der Waals surface area contributed by atoms with Crippen LogP contribution in [0.15, 0.2) is 30.7 Å². The number of pyridine rings is 1. The Labute approximate surface area is 112 Å². The monoisotopic (exact) mass is 255 g/mol. The molecule has 5 heteroatoms. The maximum absolute atomic E-state index is 4.47. The van der Waals surface area contributed by atoms with Crippen LogP contribution >= 0.6 is 0 Å². The van der Waals surface area contributed by atoms with Crippen molar-refractivity contribution < 1.29 is 0 Å². The molecule has 98 valence electrons. The van der Waals surface area contributed by atoms with E-state index in [2.05, 4.69) is 25.6 Å². The van der Waals surface area contributed by atoms with Crippen molar-refractivity contribution in [1.29, 1.82) is 0 Å². The highest BCUT2D eigenvalue weighted by atomic mass is 15.1. The number of hydrogen-bond acceptors (Lipinski definition) is 5. The molecular weight excluding hydrogens is 238 g/mol. The largest absolute Gasteiger partial charge is 0.323 e. The second kappa shape index (κ2) is 5.32. The summed E-state index contributed by atoms with van der Waals surface area (Å²) in [7, 11) is 0. The first-order valence-corrected chi connectivity index (χ1v) is 6.57. The lowest BCUT2D eigenvalue weighted by Crippen LogP contribution is -2.16. The minimum absolute atomic E-state index is 0.292. The second-order valence-electron chi connectivity index (χ2n) is 4.73. The number of anilines is 2. The fourth-order valence-electron chi connectivity index (χ4n) is 2.35. The van der Waals surface area contributed by atoms with Crippen LogP contribution in [-0.4, -0.2) is 21.5 Å². The molecule has 0 aliphatic carbocycles. The number of rotatable bonds is 3. The Hall–Kier alpha value is -2.01. The molecule has 3 heterocycles. The molecule has 5 nitrogen and oxygen atoms in total. The van der Waals surface area contributed by atoms with E-state index in [0.717, 1.165) is 35.9 Å². The summed E-state index contributed by atoms with van der Waals surface area (Å²) in [5, 5.41) is 6.74. The summed E-state index contributed by atoms with van der Waals surface area (Å²) < 4.78 is 0. The van der Waals surface area contributed by atoms with E-state index in [1.807, 2.05) is 19.1 Å². The fraction of sp³-hybridized carbons (Fsp3) is 0.357. The van der Waals surface area contributed by atoms with E-state index in [4.69, 9.17) is 0 Å². The van der Waals surface area contributed by atoms with Gasteiger partial charge in [-0.05, 0) is 37.9 Å². The molecule has 1 fully saturated rings. The molecule has 1 atom stereocenters. The Morgan fingerprint density at radius 3 is 2.79 bits per heavy atom. The van der Waals surface area contributed by atoms with Gasteiger partial charge in [0, 0.05) is 18.6 Å². The van der Waals surface area contributed by atoms with Gasteiger partial charge in [-0.25, -0.2) is 9.97 Å². The molecule has 1 saturated heterocycles. The third kappa shape index (κ3) is 2.56. The standard InChI is InChI=1S/C14H17N5/c1-10-4-2-7-17-13(10)19-14-12(16-8-9-18-14)11-5-3-6-15-11/h2,4,7-9,11,15H,3,5-6H2,1H3,(H,17,18,19). The van der Waals surface area contributed by atoms with Crippen molar-refractivity contribution in [3.05, 3.63) is 42.0 Å². The van der Waals surface area contributed by atoms with Gasteiger partial charge in [-0.2, -0.15) is 0 Å². The number of nitrogens with zero attached hydrogens (tertiary/aromatic N) is 3. The van der Waals surface area contributed by atoms with Gasteiger partial charge in [-0.15, -0.1) is 0 Å². The summed E-state index contributed by atoms with van der Waals surface area (Å²) in [5.41, 5.74) is 2.07. The van der Waals surface area contributed by atoms with Gasteiger partial charge in [0.25, 0.3) is 0 Å². The molecule has 2 N–H and O–H groups in total. The first-order chi connectivity index (χ1) is 9.34. The van der Waals surface area contributed by atoms with Crippen LogP contribution in [0.25, 0.3) is 0 Å². The summed E-state index contributed by atoms with van der Waals surface area (Å²) >= 11 is 0. The summed E-state index contributed by atoms with van der Waals surface area (Å²) in [5.74, 6) is 1.63. The van der Waals surface area contributed by atoms with Crippen LogP contribution in [0.5, 0.6) is 0 Å². The quantitative estimate of drug-likeness (QED) is 0.881. The van der Waals surface area contributed by atoms with Crippen LogP contribution in [0.4, 0.5) is 11.6 Å². The molecule has 2 aromatic heterocycles. The van der Waals surface area contributed by atoms with Crippen molar-refractivity contribution in [3.8, 4) is 0 Å². The van der Waals surface area contributed by atoms with Gasteiger partial charge in [0.15, 0.2) is 5.82 Å². The van der Waals surface area contributed by atoms with Gasteiger partial charge in [0.1, 0.15) is 5.82 Å². The van der Waals surface area contributed by atoms with Crippen molar-refractivity contribution in [2.45, 2.75) is 25.8 Å². The molecule has 0 amide bonds. The molecule has 1 aliphatic heterocycles. The Balaban J connectivity index is 1.90. The third-order valence-electron chi connectivity index (χ3n) is 3.36. The van der Waals surface area contributed by atoms with E-state index < -0.39 is 0 Å². The minimum Gasteiger partial charge on any atom is -0.323 e. The van der Waals surface area contributed by atoms with E-state index >= 15 is 0 Å².